The van der Waals surface area contributed by atoms with Crippen molar-refractivity contribution >= 4 is 0 Å². The van der Waals surface area contributed by atoms with Crippen LogP contribution in [0.3, 0.4) is 0 Å². The van der Waals surface area contributed by atoms with Crippen LogP contribution in [0.1, 0.15) is 23.7 Å². The Bertz CT molecular complexity index is 431. The molecule has 0 fully saturated rings. The summed E-state index contributed by atoms with van der Waals surface area (Å²) in [6, 6.07) is 2.48. The molecule has 0 amide bonds. The lowest BCUT2D eigenvalue weighted by Gasteiger charge is -2.14. The van der Waals surface area contributed by atoms with Gasteiger partial charge in [-0.3, -0.25) is 0 Å². The summed E-state index contributed by atoms with van der Waals surface area (Å²) in [6.07, 6.45) is -6.12. The second-order valence-corrected chi connectivity index (χ2v) is 4.07. The lowest BCUT2D eigenvalue weighted by Crippen LogP contribution is -2.18. The van der Waals surface area contributed by atoms with E-state index < -0.39 is 37.1 Å². The summed E-state index contributed by atoms with van der Waals surface area (Å²) >= 11 is 0. The van der Waals surface area contributed by atoms with Gasteiger partial charge in [0.05, 0.1) is 6.10 Å². The van der Waals surface area contributed by atoms with E-state index in [4.69, 9.17) is 0 Å². The van der Waals surface area contributed by atoms with Crippen molar-refractivity contribution in [3.8, 4) is 0 Å². The Labute approximate surface area is 106 Å². The van der Waals surface area contributed by atoms with Gasteiger partial charge in [-0.25, -0.2) is 8.78 Å². The topological polar surface area (TPSA) is 29.5 Å². The Morgan fingerprint density at radius 1 is 1.21 bits per heavy atom. The average Bonchev–Trinajstić information content (AvgIpc) is 2.30. The number of alkyl halides is 3. The van der Waals surface area contributed by atoms with Crippen LogP contribution in [0.4, 0.5) is 22.0 Å². The van der Waals surface area contributed by atoms with Crippen LogP contribution in [0.5, 0.6) is 0 Å². The van der Waals surface area contributed by atoms with E-state index in [0.29, 0.717) is 0 Å². The summed E-state index contributed by atoms with van der Waals surface area (Å²) in [5, 5.41) is 9.58. The summed E-state index contributed by atoms with van der Waals surface area (Å²) in [7, 11) is 0. The number of aryl methyl sites for hydroxylation is 1. The molecule has 1 N–H and O–H groups in total. The Hall–Kier alpha value is -1.21. The van der Waals surface area contributed by atoms with Gasteiger partial charge in [-0.05, 0) is 12.5 Å². The fourth-order valence-electron chi connectivity index (χ4n) is 1.46. The van der Waals surface area contributed by atoms with Crippen molar-refractivity contribution in [2.75, 3.05) is 13.2 Å². The van der Waals surface area contributed by atoms with Gasteiger partial charge >= 0.3 is 6.18 Å². The van der Waals surface area contributed by atoms with Crippen molar-refractivity contribution in [2.45, 2.75) is 25.6 Å². The largest absolute Gasteiger partial charge is 0.411 e. The zero-order valence-corrected chi connectivity index (χ0v) is 10.1. The molecule has 0 aliphatic carbocycles. The van der Waals surface area contributed by atoms with E-state index in [-0.39, 0.29) is 17.5 Å². The minimum absolute atomic E-state index is 0.0850. The van der Waals surface area contributed by atoms with Crippen molar-refractivity contribution in [3.63, 3.8) is 0 Å². The quantitative estimate of drug-likeness (QED) is 0.664. The van der Waals surface area contributed by atoms with Crippen LogP contribution in [0.2, 0.25) is 0 Å². The van der Waals surface area contributed by atoms with Gasteiger partial charge in [0, 0.05) is 18.6 Å². The maximum atomic E-state index is 13.5. The monoisotopic (exact) mass is 284 g/mol. The fraction of sp³-hybridized carbons (Fsp3) is 0.500. The minimum Gasteiger partial charge on any atom is -0.388 e. The summed E-state index contributed by atoms with van der Waals surface area (Å²) in [6.45, 7) is -0.485. The normalized spacial score (nSPS) is 13.6. The Morgan fingerprint density at radius 3 is 2.42 bits per heavy atom. The van der Waals surface area contributed by atoms with Crippen LogP contribution in [0.15, 0.2) is 12.1 Å². The number of halogens is 5. The molecule has 1 atom stereocenters. The van der Waals surface area contributed by atoms with Gasteiger partial charge in [-0.1, -0.05) is 12.1 Å². The molecule has 0 saturated carbocycles. The second kappa shape index (κ2) is 6.29. The Balaban J connectivity index is 2.55. The number of aliphatic hydroxyl groups excluding tert-OH is 1. The SMILES string of the molecule is Cc1ccc(C(O)CCOCC(F)(F)F)c(F)c1F. The van der Waals surface area contributed by atoms with Gasteiger partial charge < -0.3 is 9.84 Å². The van der Waals surface area contributed by atoms with E-state index in [1.54, 1.807) is 0 Å². The third-order valence-corrected chi connectivity index (χ3v) is 2.47. The van der Waals surface area contributed by atoms with Crippen LogP contribution in [-0.4, -0.2) is 24.5 Å². The molecule has 0 heterocycles. The summed E-state index contributed by atoms with van der Waals surface area (Å²) in [4.78, 5) is 0. The lowest BCUT2D eigenvalue weighted by atomic mass is 10.0. The van der Waals surface area contributed by atoms with Crippen molar-refractivity contribution in [1.29, 1.82) is 0 Å². The summed E-state index contributed by atoms with van der Waals surface area (Å²) < 4.78 is 66.3. The van der Waals surface area contributed by atoms with E-state index in [9.17, 15) is 27.1 Å². The number of ether oxygens (including phenoxy) is 1. The Morgan fingerprint density at radius 2 is 1.84 bits per heavy atom. The van der Waals surface area contributed by atoms with Crippen molar-refractivity contribution < 1.29 is 31.8 Å². The van der Waals surface area contributed by atoms with Gasteiger partial charge in [-0.15, -0.1) is 0 Å². The van der Waals surface area contributed by atoms with Gasteiger partial charge in [0.25, 0.3) is 0 Å². The summed E-state index contributed by atoms with van der Waals surface area (Å²) in [5.41, 5.74) is -0.208. The molecule has 1 unspecified atom stereocenters. The molecule has 19 heavy (non-hydrogen) atoms. The molecule has 0 aromatic heterocycles. The van der Waals surface area contributed by atoms with Crippen molar-refractivity contribution in [3.05, 3.63) is 34.9 Å². The maximum absolute atomic E-state index is 13.5. The molecule has 0 aliphatic rings. The number of hydrogen-bond acceptors (Lipinski definition) is 2. The van der Waals surface area contributed by atoms with Crippen LogP contribution < -0.4 is 0 Å². The van der Waals surface area contributed by atoms with Gasteiger partial charge in [-0.2, -0.15) is 13.2 Å². The highest BCUT2D eigenvalue weighted by atomic mass is 19.4. The first-order valence-electron chi connectivity index (χ1n) is 5.49. The van der Waals surface area contributed by atoms with E-state index in [0.717, 1.165) is 0 Å². The number of rotatable bonds is 5. The molecule has 2 nitrogen and oxygen atoms in total. The zero-order chi connectivity index (χ0) is 14.6. The molecule has 1 aromatic carbocycles. The predicted molar refractivity (Wildman–Crippen MR) is 57.5 cm³/mol. The van der Waals surface area contributed by atoms with Gasteiger partial charge in [0.2, 0.25) is 0 Å². The van der Waals surface area contributed by atoms with E-state index in [2.05, 4.69) is 4.74 Å². The van der Waals surface area contributed by atoms with Crippen molar-refractivity contribution in [1.82, 2.24) is 0 Å². The molecule has 0 aliphatic heterocycles. The minimum atomic E-state index is -4.45. The van der Waals surface area contributed by atoms with E-state index >= 15 is 0 Å². The molecule has 0 radical (unpaired) electrons. The standard InChI is InChI=1S/C12H13F5O2/c1-7-2-3-8(11(14)10(7)13)9(18)4-5-19-6-12(15,16)17/h2-3,9,18H,4-6H2,1H3. The molecule has 1 aromatic rings. The number of benzene rings is 1. The molecule has 1 rings (SSSR count). The van der Waals surface area contributed by atoms with Crippen LogP contribution in [0, 0.1) is 18.6 Å². The van der Waals surface area contributed by atoms with E-state index in [1.807, 2.05) is 0 Å². The second-order valence-electron chi connectivity index (χ2n) is 4.07. The van der Waals surface area contributed by atoms with Gasteiger partial charge in [0.1, 0.15) is 6.61 Å². The first-order valence-corrected chi connectivity index (χ1v) is 5.49. The zero-order valence-electron chi connectivity index (χ0n) is 10.1. The van der Waals surface area contributed by atoms with Crippen LogP contribution in [0.25, 0.3) is 0 Å². The maximum Gasteiger partial charge on any atom is 0.411 e. The molecular weight excluding hydrogens is 271 g/mol. The highest BCUT2D eigenvalue weighted by molar-refractivity contribution is 5.26. The highest BCUT2D eigenvalue weighted by Gasteiger charge is 2.27. The first-order chi connectivity index (χ1) is 8.72. The predicted octanol–water partition coefficient (Wildman–Crippen LogP) is 3.28. The molecule has 0 bridgehead atoms. The summed E-state index contributed by atoms with van der Waals surface area (Å²) in [5.74, 6) is -2.27. The van der Waals surface area contributed by atoms with Crippen molar-refractivity contribution in [2.24, 2.45) is 0 Å². The number of aliphatic hydroxyl groups is 1. The average molecular weight is 284 g/mol. The molecular formula is C12H13F5O2. The fourth-order valence-corrected chi connectivity index (χ4v) is 1.46. The Kier molecular flexibility index (Phi) is 5.25. The van der Waals surface area contributed by atoms with Crippen LogP contribution >= 0.6 is 0 Å². The third-order valence-electron chi connectivity index (χ3n) is 2.47. The molecule has 0 saturated heterocycles. The van der Waals surface area contributed by atoms with Gasteiger partial charge in [0.15, 0.2) is 11.6 Å². The molecule has 108 valence electrons. The third kappa shape index (κ3) is 4.76. The van der Waals surface area contributed by atoms with E-state index in [1.165, 1.54) is 19.1 Å². The molecule has 0 spiro atoms. The molecule has 7 heteroatoms. The smallest absolute Gasteiger partial charge is 0.388 e. The highest BCUT2D eigenvalue weighted by Crippen LogP contribution is 2.24. The lowest BCUT2D eigenvalue weighted by molar-refractivity contribution is -0.175. The number of hydrogen-bond donors (Lipinski definition) is 1. The first kappa shape index (κ1) is 15.8. The van der Waals surface area contributed by atoms with Crippen LogP contribution in [-0.2, 0) is 4.74 Å².